The van der Waals surface area contributed by atoms with Crippen molar-refractivity contribution in [3.63, 3.8) is 0 Å². The van der Waals surface area contributed by atoms with E-state index in [0.29, 0.717) is 30.9 Å². The monoisotopic (exact) mass is 405 g/mol. The van der Waals surface area contributed by atoms with Crippen molar-refractivity contribution >= 4 is 11.8 Å². The van der Waals surface area contributed by atoms with Crippen LogP contribution in [0.25, 0.3) is 0 Å². The molecule has 1 aromatic carbocycles. The summed E-state index contributed by atoms with van der Waals surface area (Å²) in [7, 11) is 3.36. The average Bonchev–Trinajstić information content (AvgIpc) is 3.09. The van der Waals surface area contributed by atoms with Crippen molar-refractivity contribution in [2.75, 3.05) is 40.3 Å². The zero-order valence-electron chi connectivity index (χ0n) is 17.9. The molecule has 2 amide bonds. The van der Waals surface area contributed by atoms with Gasteiger partial charge in [-0.05, 0) is 57.9 Å². The number of methoxy groups -OCH3 is 1. The molecule has 0 saturated carbocycles. The first-order valence-electron chi connectivity index (χ1n) is 10.4. The minimum atomic E-state index is -0.454. The molecule has 2 aliphatic rings. The van der Waals surface area contributed by atoms with E-state index in [0.717, 1.165) is 25.8 Å². The van der Waals surface area contributed by atoms with Gasteiger partial charge in [0.15, 0.2) is 0 Å². The molecule has 0 aromatic heterocycles. The number of hydrogen-bond acceptors (Lipinski definition) is 4. The molecule has 1 aromatic rings. The van der Waals surface area contributed by atoms with Crippen molar-refractivity contribution in [3.8, 4) is 5.75 Å². The molecule has 1 atom stereocenters. The lowest BCUT2D eigenvalue weighted by Gasteiger charge is -2.39. The number of rotatable bonds is 6. The van der Waals surface area contributed by atoms with Crippen LogP contribution in [0.15, 0.2) is 18.2 Å². The highest BCUT2D eigenvalue weighted by Crippen LogP contribution is 2.40. The predicted molar refractivity (Wildman–Crippen MR) is 109 cm³/mol. The third-order valence-electron chi connectivity index (χ3n) is 6.40. The summed E-state index contributed by atoms with van der Waals surface area (Å²) >= 11 is 0. The lowest BCUT2D eigenvalue weighted by molar-refractivity contribution is -0.146. The SMILES string of the molecule is COc1ccc(F)c(CN2CCC[C@@]3(CCN(CC(=O)N(C)C(C)C)C3)C2=O)c1. The Hall–Kier alpha value is -2.15. The molecule has 2 heterocycles. The maximum atomic E-state index is 14.3. The van der Waals surface area contributed by atoms with Crippen molar-refractivity contribution in [2.45, 2.75) is 45.7 Å². The molecule has 2 saturated heterocycles. The Morgan fingerprint density at radius 1 is 1.31 bits per heavy atom. The number of amides is 2. The highest BCUT2D eigenvalue weighted by molar-refractivity contribution is 5.84. The third kappa shape index (κ3) is 4.55. The van der Waals surface area contributed by atoms with E-state index in [2.05, 4.69) is 4.90 Å². The summed E-state index contributed by atoms with van der Waals surface area (Å²) in [6, 6.07) is 4.78. The molecule has 6 nitrogen and oxygen atoms in total. The first-order chi connectivity index (χ1) is 13.8. The molecule has 0 bridgehead atoms. The first kappa shape index (κ1) is 21.6. The lowest BCUT2D eigenvalue weighted by atomic mass is 9.78. The van der Waals surface area contributed by atoms with Gasteiger partial charge in [0.2, 0.25) is 11.8 Å². The van der Waals surface area contributed by atoms with E-state index < -0.39 is 5.41 Å². The topological polar surface area (TPSA) is 53.1 Å². The fourth-order valence-electron chi connectivity index (χ4n) is 4.37. The molecule has 2 fully saturated rings. The highest BCUT2D eigenvalue weighted by atomic mass is 19.1. The maximum Gasteiger partial charge on any atom is 0.236 e. The molecule has 0 radical (unpaired) electrons. The van der Waals surface area contributed by atoms with Gasteiger partial charge in [-0.2, -0.15) is 0 Å². The molecule has 0 aliphatic carbocycles. The van der Waals surface area contributed by atoms with Crippen molar-refractivity contribution in [1.29, 1.82) is 0 Å². The molecule has 0 N–H and O–H groups in total. The van der Waals surface area contributed by atoms with Crippen LogP contribution in [-0.2, 0) is 16.1 Å². The van der Waals surface area contributed by atoms with Crippen LogP contribution in [-0.4, -0.2) is 72.9 Å². The lowest BCUT2D eigenvalue weighted by Crippen LogP contribution is -2.50. The molecule has 2 aliphatic heterocycles. The van der Waals surface area contributed by atoms with Crippen molar-refractivity contribution in [1.82, 2.24) is 14.7 Å². The molecular formula is C22H32FN3O3. The number of benzene rings is 1. The van der Waals surface area contributed by atoms with Crippen LogP contribution in [0.4, 0.5) is 4.39 Å². The summed E-state index contributed by atoms with van der Waals surface area (Å²) < 4.78 is 19.5. The fourth-order valence-corrected chi connectivity index (χ4v) is 4.37. The van der Waals surface area contributed by atoms with Crippen molar-refractivity contribution in [2.24, 2.45) is 5.41 Å². The number of ether oxygens (including phenoxy) is 1. The van der Waals surface area contributed by atoms with Gasteiger partial charge in [-0.25, -0.2) is 4.39 Å². The van der Waals surface area contributed by atoms with E-state index in [1.165, 1.54) is 6.07 Å². The van der Waals surface area contributed by atoms with Crippen LogP contribution in [0, 0.1) is 11.2 Å². The van der Waals surface area contributed by atoms with E-state index in [1.807, 2.05) is 20.9 Å². The van der Waals surface area contributed by atoms with Gasteiger partial charge in [0.25, 0.3) is 0 Å². The Kier molecular flexibility index (Phi) is 6.46. The van der Waals surface area contributed by atoms with Gasteiger partial charge in [-0.3, -0.25) is 14.5 Å². The standard InChI is InChI=1S/C22H32FN3O3/c1-16(2)24(3)20(27)14-25-11-9-22(15-25)8-5-10-26(21(22)28)13-17-12-18(29-4)6-7-19(17)23/h6-7,12,16H,5,8-11,13-15H2,1-4H3/t22-/m0/s1. The number of piperidine rings is 1. The van der Waals surface area contributed by atoms with E-state index >= 15 is 0 Å². The van der Waals surface area contributed by atoms with Gasteiger partial charge in [0.1, 0.15) is 11.6 Å². The summed E-state index contributed by atoms with van der Waals surface area (Å²) in [5.74, 6) is 0.419. The normalized spacial score (nSPS) is 22.6. The predicted octanol–water partition coefficient (Wildman–Crippen LogP) is 2.52. The number of carbonyl (C=O) groups excluding carboxylic acids is 2. The van der Waals surface area contributed by atoms with Crippen LogP contribution in [0.3, 0.4) is 0 Å². The second-order valence-electron chi connectivity index (χ2n) is 8.63. The summed E-state index contributed by atoms with van der Waals surface area (Å²) in [5.41, 5.74) is 0.0166. The smallest absolute Gasteiger partial charge is 0.236 e. The number of hydrogen-bond donors (Lipinski definition) is 0. The minimum Gasteiger partial charge on any atom is -0.497 e. The Balaban J connectivity index is 1.67. The van der Waals surface area contributed by atoms with Gasteiger partial charge in [0, 0.05) is 38.3 Å². The third-order valence-corrected chi connectivity index (χ3v) is 6.40. The molecule has 1 spiro atoms. The van der Waals surface area contributed by atoms with E-state index in [-0.39, 0.29) is 30.2 Å². The van der Waals surface area contributed by atoms with Crippen LogP contribution in [0.1, 0.15) is 38.7 Å². The summed E-state index contributed by atoms with van der Waals surface area (Å²) in [4.78, 5) is 31.4. The van der Waals surface area contributed by atoms with E-state index in [1.54, 1.807) is 29.0 Å². The van der Waals surface area contributed by atoms with Gasteiger partial charge in [-0.1, -0.05) is 0 Å². The Morgan fingerprint density at radius 2 is 2.07 bits per heavy atom. The first-order valence-corrected chi connectivity index (χ1v) is 10.4. The second kappa shape index (κ2) is 8.69. The largest absolute Gasteiger partial charge is 0.497 e. The zero-order chi connectivity index (χ0) is 21.2. The number of likely N-dealkylation sites (tertiary alicyclic amines) is 2. The number of halogens is 1. The summed E-state index contributed by atoms with van der Waals surface area (Å²) in [5, 5.41) is 0. The quantitative estimate of drug-likeness (QED) is 0.730. The number of likely N-dealkylation sites (N-methyl/N-ethyl adjacent to an activating group) is 1. The van der Waals surface area contributed by atoms with E-state index in [9.17, 15) is 14.0 Å². The Morgan fingerprint density at radius 3 is 2.76 bits per heavy atom. The fraction of sp³-hybridized carbons (Fsp3) is 0.636. The van der Waals surface area contributed by atoms with Gasteiger partial charge < -0.3 is 14.5 Å². The Labute approximate surface area is 172 Å². The van der Waals surface area contributed by atoms with Crippen LogP contribution >= 0.6 is 0 Å². The molecule has 0 unspecified atom stereocenters. The van der Waals surface area contributed by atoms with Crippen molar-refractivity contribution in [3.05, 3.63) is 29.6 Å². The molecule has 160 valence electrons. The van der Waals surface area contributed by atoms with Crippen LogP contribution in [0.5, 0.6) is 5.75 Å². The van der Waals surface area contributed by atoms with Crippen LogP contribution in [0.2, 0.25) is 0 Å². The number of carbonyl (C=O) groups is 2. The summed E-state index contributed by atoms with van der Waals surface area (Å²) in [6.45, 7) is 6.54. The average molecular weight is 406 g/mol. The summed E-state index contributed by atoms with van der Waals surface area (Å²) in [6.07, 6.45) is 2.47. The van der Waals surface area contributed by atoms with Crippen LogP contribution < -0.4 is 4.74 Å². The zero-order valence-corrected chi connectivity index (χ0v) is 17.9. The second-order valence-corrected chi connectivity index (χ2v) is 8.63. The van der Waals surface area contributed by atoms with Gasteiger partial charge in [0.05, 0.1) is 19.1 Å². The molecule has 7 heteroatoms. The molecular weight excluding hydrogens is 373 g/mol. The number of nitrogens with zero attached hydrogens (tertiary/aromatic N) is 3. The Bertz CT molecular complexity index is 770. The van der Waals surface area contributed by atoms with Crippen molar-refractivity contribution < 1.29 is 18.7 Å². The van der Waals surface area contributed by atoms with Gasteiger partial charge >= 0.3 is 0 Å². The van der Waals surface area contributed by atoms with E-state index in [4.69, 9.17) is 4.74 Å². The molecule has 3 rings (SSSR count). The minimum absolute atomic E-state index is 0.0793. The van der Waals surface area contributed by atoms with Gasteiger partial charge in [-0.15, -0.1) is 0 Å². The maximum absolute atomic E-state index is 14.3. The molecule has 29 heavy (non-hydrogen) atoms. The highest BCUT2D eigenvalue weighted by Gasteiger charge is 2.48.